The third-order valence-electron chi connectivity index (χ3n) is 4.96. The summed E-state index contributed by atoms with van der Waals surface area (Å²) in [5, 5.41) is 3.28. The van der Waals surface area contributed by atoms with E-state index in [2.05, 4.69) is 21.2 Å². The van der Waals surface area contributed by atoms with Crippen molar-refractivity contribution in [3.8, 4) is 0 Å². The Morgan fingerprint density at radius 3 is 2.95 bits per heavy atom. The van der Waals surface area contributed by atoms with E-state index in [1.807, 2.05) is 18.2 Å². The van der Waals surface area contributed by atoms with Gasteiger partial charge in [-0.2, -0.15) is 0 Å². The number of fused-ring (bicyclic) bond motifs is 2. The van der Waals surface area contributed by atoms with Gasteiger partial charge in [0.05, 0.1) is 0 Å². The quantitative estimate of drug-likeness (QED) is 0.648. The van der Waals surface area contributed by atoms with Crippen LogP contribution in [0.3, 0.4) is 0 Å². The van der Waals surface area contributed by atoms with Crippen molar-refractivity contribution >= 4 is 27.7 Å². The lowest BCUT2D eigenvalue weighted by atomic mass is 10.0. The van der Waals surface area contributed by atoms with Crippen molar-refractivity contribution in [2.24, 2.45) is 5.92 Å². The van der Waals surface area contributed by atoms with Gasteiger partial charge in [-0.3, -0.25) is 9.59 Å². The first kappa shape index (κ1) is 14.4. The molecule has 0 radical (unpaired) electrons. The monoisotopic (exact) mass is 363 g/mol. The van der Waals surface area contributed by atoms with Crippen LogP contribution in [0.5, 0.6) is 0 Å². The normalized spacial score (nSPS) is 32.9. The average Bonchev–Trinajstić information content (AvgIpc) is 3.14. The Kier molecular flexibility index (Phi) is 3.57. The van der Waals surface area contributed by atoms with Crippen LogP contribution in [0.2, 0.25) is 0 Å². The van der Waals surface area contributed by atoms with Gasteiger partial charge < -0.3 is 10.1 Å². The lowest BCUT2D eigenvalue weighted by Gasteiger charge is -2.19. The summed E-state index contributed by atoms with van der Waals surface area (Å²) in [5.74, 6) is 0.322. The number of halogens is 1. The van der Waals surface area contributed by atoms with E-state index in [-0.39, 0.29) is 17.8 Å². The van der Waals surface area contributed by atoms with Crippen LogP contribution in [0, 0.1) is 5.92 Å². The third kappa shape index (κ3) is 2.61. The Hall–Kier alpha value is -1.20. The Bertz CT molecular complexity index is 635. The highest BCUT2D eigenvalue weighted by Crippen LogP contribution is 2.41. The number of aryl methyl sites for hydroxylation is 1. The number of nitrogens with one attached hydrogen (secondary N) is 1. The highest BCUT2D eigenvalue weighted by molar-refractivity contribution is 9.10. The SMILES string of the molecule is O=C(OC1CCCc2cc(Br)ccc2C1=O)C1CC2CC2N1. The Labute approximate surface area is 137 Å². The highest BCUT2D eigenvalue weighted by Gasteiger charge is 2.49. The second kappa shape index (κ2) is 5.46. The number of hydrogen-bond donors (Lipinski definition) is 1. The number of esters is 1. The lowest BCUT2D eigenvalue weighted by molar-refractivity contribution is -0.149. The number of benzene rings is 1. The van der Waals surface area contributed by atoms with Crippen LogP contribution in [0.15, 0.2) is 22.7 Å². The molecule has 0 aromatic heterocycles. The topological polar surface area (TPSA) is 55.4 Å². The zero-order valence-electron chi connectivity index (χ0n) is 12.2. The zero-order valence-corrected chi connectivity index (χ0v) is 13.8. The van der Waals surface area contributed by atoms with Gasteiger partial charge in [-0.15, -0.1) is 0 Å². The molecule has 1 aromatic rings. The molecule has 5 heteroatoms. The largest absolute Gasteiger partial charge is 0.453 e. The van der Waals surface area contributed by atoms with Crippen LogP contribution in [-0.2, 0) is 16.0 Å². The molecule has 0 amide bonds. The van der Waals surface area contributed by atoms with E-state index < -0.39 is 6.10 Å². The van der Waals surface area contributed by atoms with Gasteiger partial charge in [-0.05, 0) is 61.8 Å². The van der Waals surface area contributed by atoms with Gasteiger partial charge in [-0.25, -0.2) is 0 Å². The highest BCUT2D eigenvalue weighted by atomic mass is 79.9. The van der Waals surface area contributed by atoms with Gasteiger partial charge in [0.15, 0.2) is 6.10 Å². The minimum absolute atomic E-state index is 0.0588. The van der Waals surface area contributed by atoms with Crippen LogP contribution in [-0.4, -0.2) is 29.9 Å². The molecule has 1 aliphatic heterocycles. The van der Waals surface area contributed by atoms with Crippen molar-refractivity contribution in [2.75, 3.05) is 0 Å². The summed E-state index contributed by atoms with van der Waals surface area (Å²) in [6, 6.07) is 5.97. The fraction of sp³-hybridized carbons (Fsp3) is 0.529. The van der Waals surface area contributed by atoms with Crippen LogP contribution >= 0.6 is 15.9 Å². The number of carbonyl (C=O) groups is 2. The molecule has 2 aliphatic carbocycles. The molecule has 22 heavy (non-hydrogen) atoms. The summed E-state index contributed by atoms with van der Waals surface area (Å²) in [4.78, 5) is 24.9. The summed E-state index contributed by atoms with van der Waals surface area (Å²) in [6.45, 7) is 0. The van der Waals surface area contributed by atoms with Crippen molar-refractivity contribution in [2.45, 2.75) is 50.3 Å². The number of carbonyl (C=O) groups excluding carboxylic acids is 2. The molecule has 1 saturated heterocycles. The van der Waals surface area contributed by atoms with E-state index in [0.29, 0.717) is 23.9 Å². The molecule has 3 aliphatic rings. The van der Waals surface area contributed by atoms with Crippen LogP contribution in [0.4, 0.5) is 0 Å². The molecule has 4 nitrogen and oxygen atoms in total. The molecule has 0 bridgehead atoms. The molecule has 1 aromatic carbocycles. The molecule has 4 rings (SSSR count). The molecule has 1 N–H and O–H groups in total. The summed E-state index contributed by atoms with van der Waals surface area (Å²) >= 11 is 3.44. The first-order valence-corrected chi connectivity index (χ1v) is 8.70. The number of piperidine rings is 1. The van der Waals surface area contributed by atoms with E-state index in [9.17, 15) is 9.59 Å². The Balaban J connectivity index is 1.48. The van der Waals surface area contributed by atoms with Crippen molar-refractivity contribution in [1.82, 2.24) is 5.32 Å². The van der Waals surface area contributed by atoms with Crippen molar-refractivity contribution < 1.29 is 14.3 Å². The van der Waals surface area contributed by atoms with E-state index in [1.165, 1.54) is 6.42 Å². The lowest BCUT2D eigenvalue weighted by Crippen LogP contribution is -2.39. The number of rotatable bonds is 2. The van der Waals surface area contributed by atoms with Crippen molar-refractivity contribution in [3.05, 3.63) is 33.8 Å². The van der Waals surface area contributed by atoms with Crippen LogP contribution < -0.4 is 5.32 Å². The first-order chi connectivity index (χ1) is 10.6. The van der Waals surface area contributed by atoms with Gasteiger partial charge >= 0.3 is 5.97 Å². The summed E-state index contributed by atoms with van der Waals surface area (Å²) < 4.78 is 6.54. The fourth-order valence-electron chi connectivity index (χ4n) is 3.63. The number of ketones is 1. The number of ether oxygens (including phenoxy) is 1. The number of hydrogen-bond acceptors (Lipinski definition) is 4. The van der Waals surface area contributed by atoms with Gasteiger partial charge in [0, 0.05) is 16.1 Å². The maximum atomic E-state index is 12.7. The van der Waals surface area contributed by atoms with Crippen LogP contribution in [0.25, 0.3) is 0 Å². The molecule has 4 unspecified atom stereocenters. The Morgan fingerprint density at radius 2 is 2.18 bits per heavy atom. The van der Waals surface area contributed by atoms with Gasteiger partial charge in [-0.1, -0.05) is 15.9 Å². The summed E-state index contributed by atoms with van der Waals surface area (Å²) in [5.41, 5.74) is 1.74. The molecule has 1 heterocycles. The second-order valence-corrected chi connectivity index (χ2v) is 7.46. The van der Waals surface area contributed by atoms with Crippen LogP contribution in [0.1, 0.15) is 41.6 Å². The van der Waals surface area contributed by atoms with E-state index in [4.69, 9.17) is 4.74 Å². The fourth-order valence-corrected chi connectivity index (χ4v) is 4.04. The Morgan fingerprint density at radius 1 is 1.32 bits per heavy atom. The standard InChI is InChI=1S/C17H18BrNO3/c18-11-4-5-12-9(6-11)2-1-3-15(16(12)20)22-17(21)14-8-10-7-13(10)19-14/h4-6,10,13-15,19H,1-3,7-8H2. The smallest absolute Gasteiger partial charge is 0.323 e. The van der Waals surface area contributed by atoms with Crippen molar-refractivity contribution in [3.63, 3.8) is 0 Å². The van der Waals surface area contributed by atoms with Crippen molar-refractivity contribution in [1.29, 1.82) is 0 Å². The first-order valence-electron chi connectivity index (χ1n) is 7.91. The van der Waals surface area contributed by atoms with Gasteiger partial charge in [0.1, 0.15) is 6.04 Å². The number of Topliss-reactive ketones (excluding diaryl/α,β-unsaturated/α-hetero) is 1. The second-order valence-electron chi connectivity index (χ2n) is 6.54. The average molecular weight is 364 g/mol. The zero-order chi connectivity index (χ0) is 15.3. The minimum Gasteiger partial charge on any atom is -0.453 e. The molecule has 116 valence electrons. The molecule has 1 saturated carbocycles. The maximum absolute atomic E-state index is 12.7. The van der Waals surface area contributed by atoms with Gasteiger partial charge in [0.25, 0.3) is 0 Å². The molecule has 0 spiro atoms. The summed E-state index contributed by atoms with van der Waals surface area (Å²) in [7, 11) is 0. The van der Waals surface area contributed by atoms with E-state index in [1.54, 1.807) is 0 Å². The minimum atomic E-state index is -0.631. The third-order valence-corrected chi connectivity index (χ3v) is 5.45. The molecule has 4 atom stereocenters. The van der Waals surface area contributed by atoms with E-state index in [0.717, 1.165) is 29.3 Å². The predicted molar refractivity (Wildman–Crippen MR) is 84.7 cm³/mol. The molecular weight excluding hydrogens is 346 g/mol. The molecular formula is C17H18BrNO3. The van der Waals surface area contributed by atoms with Gasteiger partial charge in [0.2, 0.25) is 5.78 Å². The van der Waals surface area contributed by atoms with E-state index >= 15 is 0 Å². The maximum Gasteiger partial charge on any atom is 0.323 e. The molecule has 2 fully saturated rings. The summed E-state index contributed by atoms with van der Waals surface area (Å²) in [6.07, 6.45) is 3.71. The predicted octanol–water partition coefficient (Wildman–Crippen LogP) is 2.63.